The van der Waals surface area contributed by atoms with Crippen LogP contribution in [0.3, 0.4) is 0 Å². The summed E-state index contributed by atoms with van der Waals surface area (Å²) < 4.78 is 31.7. The number of methoxy groups -OCH3 is 1. The molecule has 7 nitrogen and oxygen atoms in total. The van der Waals surface area contributed by atoms with Crippen LogP contribution in [0, 0.1) is 5.82 Å². The van der Waals surface area contributed by atoms with Gasteiger partial charge in [-0.2, -0.15) is 4.98 Å². The third-order valence-corrected chi connectivity index (χ3v) is 8.49. The lowest BCUT2D eigenvalue weighted by atomic mass is 9.74. The molecule has 3 heterocycles. The normalized spacial score (nSPS) is 17.4. The van der Waals surface area contributed by atoms with Crippen LogP contribution in [0.1, 0.15) is 31.2 Å². The van der Waals surface area contributed by atoms with E-state index in [1.54, 1.807) is 13.2 Å². The minimum Gasteiger partial charge on any atom is -0.497 e. The lowest BCUT2D eigenvalue weighted by molar-refractivity contribution is 0.0543. The van der Waals surface area contributed by atoms with Gasteiger partial charge in [-0.25, -0.2) is 9.37 Å². The van der Waals surface area contributed by atoms with Crippen molar-refractivity contribution in [3.63, 3.8) is 0 Å². The van der Waals surface area contributed by atoms with Gasteiger partial charge in [-0.1, -0.05) is 23.7 Å². The lowest BCUT2D eigenvalue weighted by Crippen LogP contribution is -2.40. The van der Waals surface area contributed by atoms with Crippen LogP contribution in [0.4, 0.5) is 16.2 Å². The van der Waals surface area contributed by atoms with E-state index in [4.69, 9.17) is 35.8 Å². The predicted molar refractivity (Wildman–Crippen MR) is 160 cm³/mol. The molecule has 0 aliphatic carbocycles. The molecule has 1 N–H and O–H groups in total. The molecule has 0 unspecified atom stereocenters. The molecule has 0 bridgehead atoms. The summed E-state index contributed by atoms with van der Waals surface area (Å²) >= 11 is 6.01. The minimum absolute atomic E-state index is 0.109. The van der Waals surface area contributed by atoms with Crippen LogP contribution >= 0.6 is 11.6 Å². The van der Waals surface area contributed by atoms with E-state index in [0.717, 1.165) is 50.3 Å². The van der Waals surface area contributed by atoms with Crippen molar-refractivity contribution in [3.8, 4) is 11.5 Å². The molecule has 9 heteroatoms. The Balaban J connectivity index is 1.22. The zero-order valence-corrected chi connectivity index (χ0v) is 23.9. The van der Waals surface area contributed by atoms with E-state index in [-0.39, 0.29) is 17.3 Å². The third kappa shape index (κ3) is 6.19. The fourth-order valence-electron chi connectivity index (χ4n) is 5.77. The summed E-state index contributed by atoms with van der Waals surface area (Å²) in [6.07, 6.45) is 3.54. The highest BCUT2D eigenvalue weighted by molar-refractivity contribution is 6.30. The smallest absolute Gasteiger partial charge is 0.227 e. The quantitative estimate of drug-likeness (QED) is 0.252. The monoisotopic (exact) mass is 576 g/mol. The number of halogens is 2. The molecule has 2 saturated heterocycles. The first-order chi connectivity index (χ1) is 20.0. The number of rotatable bonds is 8. The highest BCUT2D eigenvalue weighted by Crippen LogP contribution is 2.37. The molecule has 0 radical (unpaired) electrons. The van der Waals surface area contributed by atoms with E-state index in [2.05, 4.69) is 22.3 Å². The Kier molecular flexibility index (Phi) is 8.12. The Morgan fingerprint density at radius 1 is 0.976 bits per heavy atom. The van der Waals surface area contributed by atoms with Crippen molar-refractivity contribution < 1.29 is 18.6 Å². The van der Waals surface area contributed by atoms with Crippen molar-refractivity contribution in [2.24, 2.45) is 0 Å². The third-order valence-electron chi connectivity index (χ3n) is 8.23. The van der Waals surface area contributed by atoms with Crippen LogP contribution < -0.4 is 19.7 Å². The average Bonchev–Trinajstić information content (AvgIpc) is 3.02. The summed E-state index contributed by atoms with van der Waals surface area (Å²) in [7, 11) is 1.67. The molecular formula is C32H34ClFN4O3. The summed E-state index contributed by atoms with van der Waals surface area (Å²) in [4.78, 5) is 12.0. The SMILES string of the molecule is COc1ccc(C2(CNc3nc(N4CCC(Oc5ccc(Cl)cc5)CC4)nc4ccc(F)cc34)CCOCC2)cc1. The summed E-state index contributed by atoms with van der Waals surface area (Å²) in [5.41, 5.74) is 1.79. The van der Waals surface area contributed by atoms with Gasteiger partial charge < -0.3 is 24.4 Å². The molecule has 0 amide bonds. The van der Waals surface area contributed by atoms with Gasteiger partial charge >= 0.3 is 0 Å². The number of nitrogens with zero attached hydrogens (tertiary/aromatic N) is 3. The van der Waals surface area contributed by atoms with Crippen LogP contribution in [-0.2, 0) is 10.2 Å². The van der Waals surface area contributed by atoms with Gasteiger partial charge in [0.15, 0.2) is 0 Å². The molecule has 2 aliphatic heterocycles. The molecule has 0 atom stereocenters. The number of ether oxygens (including phenoxy) is 3. The number of aromatic nitrogens is 2. The first-order valence-corrected chi connectivity index (χ1v) is 14.5. The summed E-state index contributed by atoms with van der Waals surface area (Å²) in [6.45, 7) is 3.53. The van der Waals surface area contributed by atoms with Gasteiger partial charge in [0.05, 0.1) is 12.6 Å². The largest absolute Gasteiger partial charge is 0.497 e. The van der Waals surface area contributed by atoms with Crippen LogP contribution in [0.15, 0.2) is 66.7 Å². The standard InChI is InChI=1S/C32H34ClFN4O3/c1-39-25-7-2-22(3-8-25)32(14-18-40-19-15-32)21-35-30-28-20-24(34)6-11-29(28)36-31(37-30)38-16-12-27(13-17-38)41-26-9-4-23(33)5-10-26/h2-11,20,27H,12-19,21H2,1H3,(H,35,36,37). The Bertz CT molecular complexity index is 1470. The predicted octanol–water partition coefficient (Wildman–Crippen LogP) is 6.64. The Hall–Kier alpha value is -3.62. The molecule has 2 fully saturated rings. The van der Waals surface area contributed by atoms with Crippen molar-refractivity contribution in [1.29, 1.82) is 0 Å². The second-order valence-electron chi connectivity index (χ2n) is 10.8. The molecule has 3 aromatic carbocycles. The minimum atomic E-state index is -0.312. The van der Waals surface area contributed by atoms with Crippen LogP contribution in [0.2, 0.25) is 5.02 Å². The average molecular weight is 577 g/mol. The van der Waals surface area contributed by atoms with E-state index in [0.29, 0.717) is 47.5 Å². The van der Waals surface area contributed by atoms with Gasteiger partial charge in [-0.15, -0.1) is 0 Å². The molecule has 2 aliphatic rings. The summed E-state index contributed by atoms with van der Waals surface area (Å²) in [5.74, 6) is 2.62. The number of hydrogen-bond donors (Lipinski definition) is 1. The fourth-order valence-corrected chi connectivity index (χ4v) is 5.90. The van der Waals surface area contributed by atoms with Crippen molar-refractivity contribution >= 4 is 34.3 Å². The highest BCUT2D eigenvalue weighted by Gasteiger charge is 2.35. The van der Waals surface area contributed by atoms with Gasteiger partial charge in [-0.3, -0.25) is 0 Å². The fraction of sp³-hybridized carbons (Fsp3) is 0.375. The maximum atomic E-state index is 14.4. The molecule has 1 aromatic heterocycles. The second kappa shape index (κ2) is 12.1. The van der Waals surface area contributed by atoms with Crippen molar-refractivity contribution in [3.05, 3.63) is 83.1 Å². The van der Waals surface area contributed by atoms with Gasteiger partial charge in [0.2, 0.25) is 5.95 Å². The zero-order valence-electron chi connectivity index (χ0n) is 23.1. The van der Waals surface area contributed by atoms with E-state index >= 15 is 0 Å². The van der Waals surface area contributed by atoms with Gasteiger partial charge in [-0.05, 0) is 73.0 Å². The zero-order chi connectivity index (χ0) is 28.2. The number of anilines is 2. The van der Waals surface area contributed by atoms with E-state index < -0.39 is 0 Å². The van der Waals surface area contributed by atoms with E-state index in [1.807, 2.05) is 36.4 Å². The number of nitrogens with one attached hydrogen (secondary N) is 1. The molecule has 41 heavy (non-hydrogen) atoms. The summed E-state index contributed by atoms with van der Waals surface area (Å²) in [6, 6.07) is 20.4. The van der Waals surface area contributed by atoms with Crippen LogP contribution in [0.5, 0.6) is 11.5 Å². The highest BCUT2D eigenvalue weighted by atomic mass is 35.5. The molecule has 214 valence electrons. The maximum absolute atomic E-state index is 14.4. The van der Waals surface area contributed by atoms with Crippen LogP contribution in [0.25, 0.3) is 10.9 Å². The van der Waals surface area contributed by atoms with Gasteiger partial charge in [0.1, 0.15) is 29.2 Å². The second-order valence-corrected chi connectivity index (χ2v) is 11.2. The first kappa shape index (κ1) is 27.5. The van der Waals surface area contributed by atoms with Gasteiger partial charge in [0.25, 0.3) is 0 Å². The number of piperidine rings is 1. The van der Waals surface area contributed by atoms with Crippen molar-refractivity contribution in [1.82, 2.24) is 9.97 Å². The molecule has 4 aromatic rings. The molecular weight excluding hydrogens is 543 g/mol. The lowest BCUT2D eigenvalue weighted by Gasteiger charge is -2.38. The molecule has 0 spiro atoms. The Morgan fingerprint density at radius 3 is 2.39 bits per heavy atom. The molecule has 6 rings (SSSR count). The number of fused-ring (bicyclic) bond motifs is 1. The van der Waals surface area contributed by atoms with E-state index in [1.165, 1.54) is 17.7 Å². The van der Waals surface area contributed by atoms with Crippen molar-refractivity contribution in [2.45, 2.75) is 37.2 Å². The summed E-state index contributed by atoms with van der Waals surface area (Å²) in [5, 5.41) is 4.98. The topological polar surface area (TPSA) is 68.7 Å². The first-order valence-electron chi connectivity index (χ1n) is 14.1. The van der Waals surface area contributed by atoms with Gasteiger partial charge in [0, 0.05) is 61.5 Å². The Labute approximate surface area is 244 Å². The Morgan fingerprint density at radius 2 is 1.68 bits per heavy atom. The van der Waals surface area contributed by atoms with E-state index in [9.17, 15) is 4.39 Å². The number of benzene rings is 3. The van der Waals surface area contributed by atoms with Crippen LogP contribution in [-0.4, -0.2) is 56.0 Å². The maximum Gasteiger partial charge on any atom is 0.227 e. The number of hydrogen-bond acceptors (Lipinski definition) is 7. The van der Waals surface area contributed by atoms with Crippen molar-refractivity contribution in [2.75, 3.05) is 50.2 Å². The molecule has 0 saturated carbocycles.